The Kier molecular flexibility index (Phi) is 14.2. The summed E-state index contributed by atoms with van der Waals surface area (Å²) in [5.74, 6) is -2.33. The standard InChI is InChI=1S/C42H68N2O8S/c45-39(35-21-11-29(25-37(35)41(47)48)23-27-7-3-1-4-8-27)43-31-13-17-33(18-14-31)53(51,52)34-19-15-32(16-20-34)44-40(46)36-22-12-30(26-38(36)42(49)50)24-28-9-5-2-6-10-28/h27-38H,1-26H2,(H,43,45)(H,44,46)(H,47,48)(H,49,50). The second-order valence-corrected chi connectivity index (χ2v) is 21.0. The zero-order valence-corrected chi connectivity index (χ0v) is 32.9. The minimum Gasteiger partial charge on any atom is -0.481 e. The molecule has 6 fully saturated rings. The van der Waals surface area contributed by atoms with Crippen LogP contribution in [0.2, 0.25) is 0 Å². The van der Waals surface area contributed by atoms with Crippen molar-refractivity contribution in [1.29, 1.82) is 0 Å². The molecule has 0 aromatic rings. The maximum atomic E-state index is 13.8. The molecule has 0 bridgehead atoms. The predicted octanol–water partition coefficient (Wildman–Crippen LogP) is 7.43. The minimum absolute atomic E-state index is 0.133. The largest absolute Gasteiger partial charge is 0.481 e. The first-order valence-corrected chi connectivity index (χ1v) is 23.4. The SMILES string of the molecule is O=C(O)C1CC(CC2CCCCC2)CCC1C(=O)NC1CCC(S(=O)(=O)C2CCC(NC(=O)C3CCC(CC4CCCCC4)CC3C(=O)O)CC2)CC1. The highest BCUT2D eigenvalue weighted by Crippen LogP contribution is 2.42. The number of carbonyl (C=O) groups is 4. The van der Waals surface area contributed by atoms with Gasteiger partial charge in [0, 0.05) is 12.1 Å². The molecule has 6 saturated carbocycles. The quantitative estimate of drug-likeness (QED) is 0.159. The van der Waals surface area contributed by atoms with Crippen LogP contribution in [0.1, 0.15) is 167 Å². The van der Waals surface area contributed by atoms with Gasteiger partial charge in [-0.1, -0.05) is 64.2 Å². The summed E-state index contributed by atoms with van der Waals surface area (Å²) >= 11 is 0. The van der Waals surface area contributed by atoms with E-state index >= 15 is 0 Å². The van der Waals surface area contributed by atoms with Crippen LogP contribution in [0.15, 0.2) is 0 Å². The topological polar surface area (TPSA) is 167 Å². The maximum Gasteiger partial charge on any atom is 0.307 e. The Balaban J connectivity index is 0.916. The summed E-state index contributed by atoms with van der Waals surface area (Å²) in [6.45, 7) is 0. The first-order chi connectivity index (χ1) is 25.5. The molecule has 53 heavy (non-hydrogen) atoms. The van der Waals surface area contributed by atoms with Crippen molar-refractivity contribution < 1.29 is 37.8 Å². The molecule has 6 aliphatic carbocycles. The number of carboxylic acids is 2. The van der Waals surface area contributed by atoms with Crippen LogP contribution >= 0.6 is 0 Å². The molecule has 0 aromatic heterocycles. The average Bonchev–Trinajstić information content (AvgIpc) is 3.16. The van der Waals surface area contributed by atoms with Crippen molar-refractivity contribution in [2.24, 2.45) is 47.3 Å². The molecule has 6 aliphatic rings. The zero-order valence-electron chi connectivity index (χ0n) is 32.1. The summed E-state index contributed by atoms with van der Waals surface area (Å²) in [6, 6.07) is -0.266. The zero-order chi connectivity index (χ0) is 37.5. The van der Waals surface area contributed by atoms with E-state index in [4.69, 9.17) is 0 Å². The Morgan fingerprint density at radius 1 is 0.434 bits per heavy atom. The lowest BCUT2D eigenvalue weighted by Crippen LogP contribution is -2.48. The molecule has 2 amide bonds. The van der Waals surface area contributed by atoms with Gasteiger partial charge in [0.15, 0.2) is 9.84 Å². The molecule has 0 aromatic carbocycles. The molecule has 0 heterocycles. The van der Waals surface area contributed by atoms with Gasteiger partial charge in [0.1, 0.15) is 0 Å². The Morgan fingerprint density at radius 2 is 0.792 bits per heavy atom. The number of rotatable bonds is 12. The third-order valence-corrected chi connectivity index (χ3v) is 17.8. The molecule has 11 heteroatoms. The van der Waals surface area contributed by atoms with E-state index in [1.807, 2.05) is 0 Å². The number of sulfone groups is 1. The van der Waals surface area contributed by atoms with Gasteiger partial charge in [0.05, 0.1) is 34.2 Å². The number of carboxylic acid groups (broad SMARTS) is 2. The van der Waals surface area contributed by atoms with Crippen LogP contribution in [0.25, 0.3) is 0 Å². The van der Waals surface area contributed by atoms with E-state index in [-0.39, 0.29) is 23.9 Å². The Bertz CT molecular complexity index is 1260. The van der Waals surface area contributed by atoms with Crippen molar-refractivity contribution in [3.63, 3.8) is 0 Å². The van der Waals surface area contributed by atoms with Crippen LogP contribution in [0.4, 0.5) is 0 Å². The van der Waals surface area contributed by atoms with Crippen LogP contribution in [-0.2, 0) is 29.0 Å². The van der Waals surface area contributed by atoms with Crippen LogP contribution < -0.4 is 10.6 Å². The van der Waals surface area contributed by atoms with Gasteiger partial charge in [-0.05, 0) is 126 Å². The number of nitrogens with one attached hydrogen (secondary N) is 2. The highest BCUT2D eigenvalue weighted by molar-refractivity contribution is 7.92. The lowest BCUT2D eigenvalue weighted by molar-refractivity contribution is -0.150. The van der Waals surface area contributed by atoms with E-state index in [2.05, 4.69) is 10.6 Å². The van der Waals surface area contributed by atoms with Crippen molar-refractivity contribution in [3.05, 3.63) is 0 Å². The summed E-state index contributed by atoms with van der Waals surface area (Å²) in [5, 5.41) is 25.5. The van der Waals surface area contributed by atoms with Gasteiger partial charge < -0.3 is 20.8 Å². The third-order valence-electron chi connectivity index (χ3n) is 15.0. The fraction of sp³-hybridized carbons (Fsp3) is 0.905. The molecule has 6 unspecified atom stereocenters. The van der Waals surface area contributed by atoms with E-state index in [1.54, 1.807) is 0 Å². The summed E-state index contributed by atoms with van der Waals surface area (Å²) in [6.07, 6.45) is 23.2. The van der Waals surface area contributed by atoms with Crippen LogP contribution in [-0.4, -0.2) is 65.0 Å². The molecule has 10 nitrogen and oxygen atoms in total. The Morgan fingerprint density at radius 3 is 1.13 bits per heavy atom. The monoisotopic (exact) mass is 760 g/mol. The maximum absolute atomic E-state index is 13.8. The molecule has 0 spiro atoms. The Labute approximate surface area is 318 Å². The molecule has 0 radical (unpaired) electrons. The minimum atomic E-state index is -3.39. The van der Waals surface area contributed by atoms with E-state index in [1.165, 1.54) is 64.2 Å². The molecule has 6 rings (SSSR count). The van der Waals surface area contributed by atoms with Gasteiger partial charge in [0.2, 0.25) is 11.8 Å². The van der Waals surface area contributed by atoms with Crippen LogP contribution in [0.5, 0.6) is 0 Å². The molecular weight excluding hydrogens is 693 g/mol. The van der Waals surface area contributed by atoms with Gasteiger partial charge in [-0.3, -0.25) is 19.2 Å². The smallest absolute Gasteiger partial charge is 0.307 e. The normalized spacial score (nSPS) is 36.6. The summed E-state index contributed by atoms with van der Waals surface area (Å²) in [5.41, 5.74) is 0. The van der Waals surface area contributed by atoms with Gasteiger partial charge in [0.25, 0.3) is 0 Å². The molecule has 4 N–H and O–H groups in total. The third kappa shape index (κ3) is 10.6. The lowest BCUT2D eigenvalue weighted by Gasteiger charge is -2.38. The second kappa shape index (κ2) is 18.6. The van der Waals surface area contributed by atoms with Crippen molar-refractivity contribution in [1.82, 2.24) is 10.6 Å². The Hall–Kier alpha value is -2.17. The van der Waals surface area contributed by atoms with Crippen LogP contribution in [0, 0.1) is 47.3 Å². The summed E-state index contributed by atoms with van der Waals surface area (Å²) in [7, 11) is -3.39. The number of amides is 2. The fourth-order valence-electron chi connectivity index (χ4n) is 11.9. The van der Waals surface area contributed by atoms with Crippen LogP contribution in [0.3, 0.4) is 0 Å². The van der Waals surface area contributed by atoms with Crippen molar-refractivity contribution in [2.45, 2.75) is 190 Å². The van der Waals surface area contributed by atoms with E-state index in [0.717, 1.165) is 25.7 Å². The van der Waals surface area contributed by atoms with Gasteiger partial charge in [-0.15, -0.1) is 0 Å². The molecule has 300 valence electrons. The van der Waals surface area contributed by atoms with Crippen molar-refractivity contribution in [3.8, 4) is 0 Å². The summed E-state index contributed by atoms with van der Waals surface area (Å²) in [4.78, 5) is 51.3. The van der Waals surface area contributed by atoms with Crippen molar-refractivity contribution >= 4 is 33.6 Å². The molecular formula is C42H68N2O8S. The van der Waals surface area contributed by atoms with Gasteiger partial charge >= 0.3 is 11.9 Å². The highest BCUT2D eigenvalue weighted by Gasteiger charge is 2.44. The molecule has 0 aliphatic heterocycles. The van der Waals surface area contributed by atoms with Gasteiger partial charge in [-0.25, -0.2) is 8.42 Å². The van der Waals surface area contributed by atoms with Crippen molar-refractivity contribution in [2.75, 3.05) is 0 Å². The molecule has 6 atom stereocenters. The second-order valence-electron chi connectivity index (χ2n) is 18.5. The number of carbonyl (C=O) groups excluding carboxylic acids is 2. The van der Waals surface area contributed by atoms with E-state index < -0.39 is 55.9 Å². The first-order valence-electron chi connectivity index (χ1n) is 21.8. The number of aliphatic carboxylic acids is 2. The van der Waals surface area contributed by atoms with E-state index in [9.17, 15) is 37.8 Å². The average molecular weight is 761 g/mol. The predicted molar refractivity (Wildman–Crippen MR) is 204 cm³/mol. The van der Waals surface area contributed by atoms with E-state index in [0.29, 0.717) is 101 Å². The first kappa shape index (κ1) is 40.5. The summed E-state index contributed by atoms with van der Waals surface area (Å²) < 4.78 is 27.5. The lowest BCUT2D eigenvalue weighted by atomic mass is 9.69. The highest BCUT2D eigenvalue weighted by atomic mass is 32.2. The fourth-order valence-corrected chi connectivity index (χ4v) is 14.3. The number of hydrogen-bond donors (Lipinski definition) is 4. The molecule has 0 saturated heterocycles. The number of hydrogen-bond acceptors (Lipinski definition) is 6. The van der Waals surface area contributed by atoms with Gasteiger partial charge in [-0.2, -0.15) is 0 Å².